The number of nitrogens with zero attached hydrogens (tertiary/aromatic N) is 2. The summed E-state index contributed by atoms with van der Waals surface area (Å²) in [6, 6.07) is 9.15. The lowest BCUT2D eigenvalue weighted by molar-refractivity contribution is -0.0780. The summed E-state index contributed by atoms with van der Waals surface area (Å²) in [5, 5.41) is 0. The van der Waals surface area contributed by atoms with E-state index >= 15 is 0 Å². The summed E-state index contributed by atoms with van der Waals surface area (Å²) in [6.45, 7) is 13.6. The third kappa shape index (κ3) is 4.72. The van der Waals surface area contributed by atoms with Gasteiger partial charge in [-0.1, -0.05) is 36.9 Å². The van der Waals surface area contributed by atoms with E-state index in [1.807, 2.05) is 65.0 Å². The zero-order chi connectivity index (χ0) is 21.4. The highest BCUT2D eigenvalue weighted by Gasteiger charge is 2.54. The molecule has 158 valence electrons. The Bertz CT molecular complexity index is 784. The molecule has 1 aromatic carbocycles. The molecular formula is C22H30N2O5. The number of rotatable bonds is 2. The number of benzene rings is 1. The van der Waals surface area contributed by atoms with Gasteiger partial charge in [-0.3, -0.25) is 9.80 Å². The smallest absolute Gasteiger partial charge is 0.414 e. The van der Waals surface area contributed by atoms with Gasteiger partial charge >= 0.3 is 12.2 Å². The molecule has 1 aromatic rings. The van der Waals surface area contributed by atoms with Crippen molar-refractivity contribution in [3.8, 4) is 0 Å². The van der Waals surface area contributed by atoms with Crippen molar-refractivity contribution in [1.29, 1.82) is 0 Å². The summed E-state index contributed by atoms with van der Waals surface area (Å²) in [7, 11) is 0. The number of hydrogen-bond donors (Lipinski definition) is 0. The average Bonchev–Trinajstić information content (AvgIpc) is 2.87. The molecule has 7 nitrogen and oxygen atoms in total. The van der Waals surface area contributed by atoms with E-state index in [0.29, 0.717) is 12.1 Å². The standard InChI is InChI=1S/C22H30N2O5/c1-15-12-18-17(24(22(5,6)28-18)20(26)29-21(2,3)4)13-23(15)19(25)27-14-16-10-8-7-9-11-16/h7-11,17-18H,1,12-14H2,2-6H3/t17-,18+/m1/s1. The summed E-state index contributed by atoms with van der Waals surface area (Å²) in [6.07, 6.45) is -0.747. The molecule has 3 rings (SSSR count). The number of carbonyl (C=O) groups is 2. The van der Waals surface area contributed by atoms with Crippen LogP contribution in [0, 0.1) is 0 Å². The van der Waals surface area contributed by atoms with Gasteiger partial charge in [0.15, 0.2) is 0 Å². The van der Waals surface area contributed by atoms with Gasteiger partial charge in [-0.05, 0) is 40.2 Å². The topological polar surface area (TPSA) is 68.3 Å². The van der Waals surface area contributed by atoms with Crippen LogP contribution < -0.4 is 0 Å². The van der Waals surface area contributed by atoms with Crippen LogP contribution in [0.1, 0.15) is 46.6 Å². The number of fused-ring (bicyclic) bond motifs is 1. The maximum atomic E-state index is 12.9. The van der Waals surface area contributed by atoms with Crippen molar-refractivity contribution < 1.29 is 23.8 Å². The Labute approximate surface area is 172 Å². The molecule has 0 spiro atoms. The van der Waals surface area contributed by atoms with Crippen molar-refractivity contribution in [2.75, 3.05) is 6.54 Å². The van der Waals surface area contributed by atoms with Gasteiger partial charge in [-0.25, -0.2) is 9.59 Å². The zero-order valence-electron chi connectivity index (χ0n) is 17.8. The predicted molar refractivity (Wildman–Crippen MR) is 108 cm³/mol. The van der Waals surface area contributed by atoms with Crippen LogP contribution in [0.4, 0.5) is 9.59 Å². The van der Waals surface area contributed by atoms with Gasteiger partial charge in [0, 0.05) is 12.1 Å². The van der Waals surface area contributed by atoms with Gasteiger partial charge < -0.3 is 14.2 Å². The van der Waals surface area contributed by atoms with E-state index in [0.717, 1.165) is 5.56 Å². The molecule has 0 radical (unpaired) electrons. The fraction of sp³-hybridized carbons (Fsp3) is 0.545. The normalized spacial score (nSPS) is 23.6. The highest BCUT2D eigenvalue weighted by Crippen LogP contribution is 2.39. The fourth-order valence-corrected chi connectivity index (χ4v) is 3.77. The van der Waals surface area contributed by atoms with Gasteiger partial charge in [-0.2, -0.15) is 0 Å². The SMILES string of the molecule is C=C1C[C@@H]2OC(C)(C)N(C(=O)OC(C)(C)C)[C@@H]2CN1C(=O)OCc1ccccc1. The van der Waals surface area contributed by atoms with E-state index in [2.05, 4.69) is 6.58 Å². The van der Waals surface area contributed by atoms with Crippen LogP contribution >= 0.6 is 0 Å². The molecule has 7 heteroatoms. The van der Waals surface area contributed by atoms with Gasteiger partial charge in [0.05, 0.1) is 18.7 Å². The monoisotopic (exact) mass is 402 g/mol. The minimum atomic E-state index is -0.845. The molecule has 2 aliphatic heterocycles. The van der Waals surface area contributed by atoms with Crippen molar-refractivity contribution in [2.45, 2.75) is 71.1 Å². The van der Waals surface area contributed by atoms with Crippen LogP contribution in [-0.2, 0) is 20.8 Å². The second kappa shape index (κ2) is 7.71. The molecule has 29 heavy (non-hydrogen) atoms. The first-order valence-corrected chi connectivity index (χ1v) is 9.84. The van der Waals surface area contributed by atoms with Crippen LogP contribution in [0.15, 0.2) is 42.6 Å². The number of hydrogen-bond acceptors (Lipinski definition) is 5. The third-order valence-electron chi connectivity index (χ3n) is 4.98. The zero-order valence-corrected chi connectivity index (χ0v) is 17.8. The van der Waals surface area contributed by atoms with E-state index in [1.165, 1.54) is 4.90 Å². The lowest BCUT2D eigenvalue weighted by Gasteiger charge is -2.39. The Balaban J connectivity index is 1.72. The van der Waals surface area contributed by atoms with Crippen molar-refractivity contribution >= 4 is 12.2 Å². The maximum Gasteiger partial charge on any atom is 0.414 e. The molecular weight excluding hydrogens is 372 g/mol. The van der Waals surface area contributed by atoms with Crippen molar-refractivity contribution in [1.82, 2.24) is 9.80 Å². The lowest BCUT2D eigenvalue weighted by atomic mass is 9.99. The van der Waals surface area contributed by atoms with Gasteiger partial charge in [0.25, 0.3) is 0 Å². The number of likely N-dealkylation sites (tertiary alicyclic amines) is 1. The van der Waals surface area contributed by atoms with Crippen molar-refractivity contribution in [2.24, 2.45) is 0 Å². The van der Waals surface area contributed by atoms with Crippen LogP contribution in [-0.4, -0.2) is 52.0 Å². The number of ether oxygens (including phenoxy) is 3. The van der Waals surface area contributed by atoms with Crippen LogP contribution in [0.3, 0.4) is 0 Å². The fourth-order valence-electron chi connectivity index (χ4n) is 3.77. The molecule has 2 aliphatic rings. The van der Waals surface area contributed by atoms with Gasteiger partial charge in [0.2, 0.25) is 0 Å². The van der Waals surface area contributed by atoms with Crippen LogP contribution in [0.5, 0.6) is 0 Å². The number of amides is 2. The number of carbonyl (C=O) groups excluding carboxylic acids is 2. The largest absolute Gasteiger partial charge is 0.444 e. The van der Waals surface area contributed by atoms with Crippen LogP contribution in [0.25, 0.3) is 0 Å². The highest BCUT2D eigenvalue weighted by atomic mass is 16.6. The first-order valence-electron chi connectivity index (χ1n) is 9.84. The quantitative estimate of drug-likeness (QED) is 0.738. The maximum absolute atomic E-state index is 12.9. The van der Waals surface area contributed by atoms with E-state index in [-0.39, 0.29) is 25.3 Å². The molecule has 0 unspecified atom stereocenters. The van der Waals surface area contributed by atoms with Gasteiger partial charge in [0.1, 0.15) is 17.9 Å². The summed E-state index contributed by atoms with van der Waals surface area (Å²) in [4.78, 5) is 28.7. The van der Waals surface area contributed by atoms with Crippen molar-refractivity contribution in [3.05, 3.63) is 48.2 Å². The minimum Gasteiger partial charge on any atom is -0.444 e. The summed E-state index contributed by atoms with van der Waals surface area (Å²) in [5.74, 6) is 0. The van der Waals surface area contributed by atoms with Gasteiger partial charge in [-0.15, -0.1) is 0 Å². The Hall–Kier alpha value is -2.54. The molecule has 2 atom stereocenters. The second-order valence-electron chi connectivity index (χ2n) is 8.94. The van der Waals surface area contributed by atoms with E-state index in [9.17, 15) is 9.59 Å². The summed E-state index contributed by atoms with van der Waals surface area (Å²) in [5.41, 5.74) is 0.0490. The minimum absolute atomic E-state index is 0.176. The Morgan fingerprint density at radius 3 is 2.48 bits per heavy atom. The third-order valence-corrected chi connectivity index (χ3v) is 4.98. The summed E-state index contributed by atoms with van der Waals surface area (Å²) < 4.78 is 17.2. The molecule has 2 saturated heterocycles. The molecule has 0 saturated carbocycles. The molecule has 2 heterocycles. The first kappa shape index (κ1) is 21.2. The second-order valence-corrected chi connectivity index (χ2v) is 8.94. The highest BCUT2D eigenvalue weighted by molar-refractivity contribution is 5.72. The van der Waals surface area contributed by atoms with E-state index in [1.54, 1.807) is 4.90 Å². The summed E-state index contributed by atoms with van der Waals surface area (Å²) >= 11 is 0. The predicted octanol–water partition coefficient (Wildman–Crippen LogP) is 4.28. The average molecular weight is 402 g/mol. The lowest BCUT2D eigenvalue weighted by Crippen LogP contribution is -2.56. The molecule has 0 N–H and O–H groups in total. The van der Waals surface area contributed by atoms with Crippen LogP contribution in [0.2, 0.25) is 0 Å². The Morgan fingerprint density at radius 1 is 1.21 bits per heavy atom. The molecule has 2 fully saturated rings. The van der Waals surface area contributed by atoms with E-state index < -0.39 is 23.5 Å². The Morgan fingerprint density at radius 2 is 1.86 bits per heavy atom. The molecule has 0 aliphatic carbocycles. The van der Waals surface area contributed by atoms with Crippen molar-refractivity contribution in [3.63, 3.8) is 0 Å². The molecule has 2 amide bonds. The first-order chi connectivity index (χ1) is 13.5. The molecule has 0 aromatic heterocycles. The Kier molecular flexibility index (Phi) is 5.63. The number of piperidine rings is 1. The molecule has 0 bridgehead atoms. The van der Waals surface area contributed by atoms with E-state index in [4.69, 9.17) is 14.2 Å².